The fraction of sp³-hybridized carbons (Fsp3) is 0.273. The Morgan fingerprint density at radius 1 is 1.07 bits per heavy atom. The third-order valence-electron chi connectivity index (χ3n) is 5.19. The molecule has 1 amide bonds. The predicted molar refractivity (Wildman–Crippen MR) is 106 cm³/mol. The van der Waals surface area contributed by atoms with E-state index in [2.05, 4.69) is 29.4 Å². The number of carbonyl (C=O) groups is 1. The molecule has 1 aromatic heterocycles. The summed E-state index contributed by atoms with van der Waals surface area (Å²) in [5.74, 6) is 1.02. The largest absolute Gasteiger partial charge is 0.355 e. The van der Waals surface area contributed by atoms with Crippen LogP contribution in [-0.2, 0) is 6.42 Å². The molecule has 0 spiro atoms. The third kappa shape index (κ3) is 3.91. The molecular formula is C22H21ClN2O2. The molecule has 5 heteroatoms. The van der Waals surface area contributed by atoms with Crippen molar-refractivity contribution in [1.82, 2.24) is 10.1 Å². The molecule has 0 N–H and O–H groups in total. The monoisotopic (exact) mass is 380 g/mol. The summed E-state index contributed by atoms with van der Waals surface area (Å²) >= 11 is 6.26. The lowest BCUT2D eigenvalue weighted by atomic mass is 9.90. The minimum Gasteiger partial charge on any atom is -0.355 e. The van der Waals surface area contributed by atoms with Gasteiger partial charge in [-0.3, -0.25) is 4.79 Å². The van der Waals surface area contributed by atoms with Gasteiger partial charge in [0.25, 0.3) is 5.91 Å². The summed E-state index contributed by atoms with van der Waals surface area (Å²) < 4.78 is 5.36. The molecule has 4 nitrogen and oxygen atoms in total. The van der Waals surface area contributed by atoms with Crippen LogP contribution in [0.3, 0.4) is 0 Å². The van der Waals surface area contributed by atoms with Crippen LogP contribution in [0.15, 0.2) is 65.3 Å². The molecule has 0 saturated carbocycles. The number of aromatic nitrogens is 1. The number of rotatable bonds is 4. The highest BCUT2D eigenvalue weighted by Gasteiger charge is 2.28. The second-order valence-electron chi connectivity index (χ2n) is 6.97. The van der Waals surface area contributed by atoms with Gasteiger partial charge in [0.1, 0.15) is 5.56 Å². The highest BCUT2D eigenvalue weighted by atomic mass is 35.5. The van der Waals surface area contributed by atoms with Crippen molar-refractivity contribution < 1.29 is 9.32 Å². The molecule has 0 atom stereocenters. The lowest BCUT2D eigenvalue weighted by Gasteiger charge is -2.32. The number of carbonyl (C=O) groups excluding carboxylic acids is 1. The van der Waals surface area contributed by atoms with Gasteiger partial charge < -0.3 is 9.42 Å². The maximum absolute atomic E-state index is 13.0. The predicted octanol–water partition coefficient (Wildman–Crippen LogP) is 5.09. The van der Waals surface area contributed by atoms with Gasteiger partial charge in [0, 0.05) is 18.7 Å². The van der Waals surface area contributed by atoms with Crippen molar-refractivity contribution >= 4 is 17.5 Å². The molecular weight excluding hydrogens is 360 g/mol. The maximum atomic E-state index is 13.0. The summed E-state index contributed by atoms with van der Waals surface area (Å²) in [4.78, 5) is 14.9. The average molecular weight is 381 g/mol. The molecule has 0 aliphatic carbocycles. The molecule has 1 fully saturated rings. The zero-order valence-corrected chi connectivity index (χ0v) is 15.7. The summed E-state index contributed by atoms with van der Waals surface area (Å²) in [6.45, 7) is 1.51. The standard InChI is InChI=1S/C22H21ClN2O2/c23-20-9-5-4-8-18(20)21-19(15-24-27-21)22(26)25-12-10-17(11-13-25)14-16-6-2-1-3-7-16/h1-9,15,17H,10-14H2. The van der Waals surface area contributed by atoms with E-state index in [-0.39, 0.29) is 5.91 Å². The van der Waals surface area contributed by atoms with Gasteiger partial charge in [-0.15, -0.1) is 0 Å². The first-order valence-electron chi connectivity index (χ1n) is 9.25. The number of nitrogens with zero attached hydrogens (tertiary/aromatic N) is 2. The van der Waals surface area contributed by atoms with E-state index in [1.807, 2.05) is 29.2 Å². The van der Waals surface area contributed by atoms with Crippen molar-refractivity contribution in [3.63, 3.8) is 0 Å². The zero-order valence-electron chi connectivity index (χ0n) is 15.0. The number of piperidine rings is 1. The van der Waals surface area contributed by atoms with E-state index < -0.39 is 0 Å². The molecule has 138 valence electrons. The van der Waals surface area contributed by atoms with Crippen molar-refractivity contribution in [2.45, 2.75) is 19.3 Å². The zero-order chi connectivity index (χ0) is 18.6. The van der Waals surface area contributed by atoms with Crippen molar-refractivity contribution in [2.24, 2.45) is 5.92 Å². The van der Waals surface area contributed by atoms with Crippen molar-refractivity contribution in [3.8, 4) is 11.3 Å². The van der Waals surface area contributed by atoms with Crippen LogP contribution in [0.1, 0.15) is 28.8 Å². The van der Waals surface area contributed by atoms with Gasteiger partial charge in [-0.25, -0.2) is 0 Å². The van der Waals surface area contributed by atoms with Gasteiger partial charge >= 0.3 is 0 Å². The van der Waals surface area contributed by atoms with Crippen molar-refractivity contribution in [2.75, 3.05) is 13.1 Å². The smallest absolute Gasteiger partial charge is 0.259 e. The second kappa shape index (κ2) is 7.97. The van der Waals surface area contributed by atoms with E-state index in [4.69, 9.17) is 16.1 Å². The van der Waals surface area contributed by atoms with Crippen LogP contribution in [0.2, 0.25) is 5.02 Å². The van der Waals surface area contributed by atoms with E-state index in [0.29, 0.717) is 27.8 Å². The minimum absolute atomic E-state index is 0.0377. The fourth-order valence-electron chi connectivity index (χ4n) is 3.69. The third-order valence-corrected chi connectivity index (χ3v) is 5.52. The Morgan fingerprint density at radius 2 is 1.78 bits per heavy atom. The Balaban J connectivity index is 1.43. The molecule has 3 aromatic rings. The Bertz CT molecular complexity index is 915. The molecule has 2 heterocycles. The average Bonchev–Trinajstić information content (AvgIpc) is 3.19. The minimum atomic E-state index is -0.0377. The van der Waals surface area contributed by atoms with E-state index in [0.717, 1.165) is 32.4 Å². The molecule has 0 bridgehead atoms. The molecule has 0 radical (unpaired) electrons. The molecule has 27 heavy (non-hydrogen) atoms. The molecule has 2 aromatic carbocycles. The normalized spacial score (nSPS) is 15.1. The number of halogens is 1. The van der Waals surface area contributed by atoms with Gasteiger partial charge in [-0.05, 0) is 42.9 Å². The summed E-state index contributed by atoms with van der Waals surface area (Å²) in [5.41, 5.74) is 2.53. The number of hydrogen-bond donors (Lipinski definition) is 0. The van der Waals surface area contributed by atoms with Crippen LogP contribution < -0.4 is 0 Å². The van der Waals surface area contributed by atoms with Crippen molar-refractivity contribution in [3.05, 3.63) is 76.9 Å². The van der Waals surface area contributed by atoms with E-state index in [1.54, 1.807) is 6.07 Å². The van der Waals surface area contributed by atoms with Gasteiger partial charge in [-0.1, -0.05) is 59.2 Å². The lowest BCUT2D eigenvalue weighted by Crippen LogP contribution is -2.39. The second-order valence-corrected chi connectivity index (χ2v) is 7.38. The SMILES string of the molecule is O=C(c1cnoc1-c1ccccc1Cl)N1CCC(Cc2ccccc2)CC1. The Kier molecular flexibility index (Phi) is 5.26. The van der Waals surface area contributed by atoms with Gasteiger partial charge in [0.2, 0.25) is 0 Å². The topological polar surface area (TPSA) is 46.3 Å². The maximum Gasteiger partial charge on any atom is 0.259 e. The first-order chi connectivity index (χ1) is 13.2. The summed E-state index contributed by atoms with van der Waals surface area (Å²) in [7, 11) is 0. The highest BCUT2D eigenvalue weighted by molar-refractivity contribution is 6.33. The van der Waals surface area contributed by atoms with Crippen LogP contribution in [-0.4, -0.2) is 29.1 Å². The van der Waals surface area contributed by atoms with Crippen molar-refractivity contribution in [1.29, 1.82) is 0 Å². The summed E-state index contributed by atoms with van der Waals surface area (Å²) in [6.07, 6.45) is 4.58. The lowest BCUT2D eigenvalue weighted by molar-refractivity contribution is 0.0691. The Morgan fingerprint density at radius 3 is 2.52 bits per heavy atom. The van der Waals surface area contributed by atoms with Crippen LogP contribution in [0.5, 0.6) is 0 Å². The molecule has 4 rings (SSSR count). The highest BCUT2D eigenvalue weighted by Crippen LogP contribution is 2.31. The van der Waals surface area contributed by atoms with Crippen LogP contribution in [0, 0.1) is 5.92 Å². The Hall–Kier alpha value is -2.59. The molecule has 1 saturated heterocycles. The van der Waals surface area contributed by atoms with Gasteiger partial charge in [0.05, 0.1) is 11.2 Å². The van der Waals surface area contributed by atoms with E-state index in [9.17, 15) is 4.79 Å². The molecule has 1 aliphatic rings. The quantitative estimate of drug-likeness (QED) is 0.633. The van der Waals surface area contributed by atoms with Crippen LogP contribution >= 0.6 is 11.6 Å². The molecule has 0 unspecified atom stereocenters. The van der Waals surface area contributed by atoms with Gasteiger partial charge in [-0.2, -0.15) is 0 Å². The Labute approximate surface area is 163 Å². The number of benzene rings is 2. The first kappa shape index (κ1) is 17.8. The fourth-order valence-corrected chi connectivity index (χ4v) is 3.91. The van der Waals surface area contributed by atoms with Crippen LogP contribution in [0.4, 0.5) is 0 Å². The molecule has 1 aliphatic heterocycles. The number of likely N-dealkylation sites (tertiary alicyclic amines) is 1. The summed E-state index contributed by atoms with van der Waals surface area (Å²) in [6, 6.07) is 17.9. The summed E-state index contributed by atoms with van der Waals surface area (Å²) in [5, 5.41) is 4.39. The first-order valence-corrected chi connectivity index (χ1v) is 9.63. The van der Waals surface area contributed by atoms with Gasteiger partial charge in [0.15, 0.2) is 5.76 Å². The van der Waals surface area contributed by atoms with Crippen LogP contribution in [0.25, 0.3) is 11.3 Å². The number of hydrogen-bond acceptors (Lipinski definition) is 3. The number of amides is 1. The van der Waals surface area contributed by atoms with E-state index >= 15 is 0 Å². The van der Waals surface area contributed by atoms with E-state index in [1.165, 1.54) is 11.8 Å².